The van der Waals surface area contributed by atoms with Crippen LogP contribution >= 0.6 is 0 Å². The molecule has 1 nitrogen and oxygen atoms in total. The zero-order valence-electron chi connectivity index (χ0n) is 7.78. The van der Waals surface area contributed by atoms with E-state index < -0.39 is 0 Å². The van der Waals surface area contributed by atoms with Crippen LogP contribution in [0.1, 0.15) is 39.5 Å². The van der Waals surface area contributed by atoms with Crippen molar-refractivity contribution in [3.63, 3.8) is 0 Å². The minimum absolute atomic E-state index is 1.24. The lowest BCUT2D eigenvalue weighted by Crippen LogP contribution is -2.05. The van der Waals surface area contributed by atoms with Crippen LogP contribution in [-0.2, 0) is 0 Å². The highest BCUT2D eigenvalue weighted by atomic mass is 14.7. The number of hydrogen-bond acceptors (Lipinski definition) is 1. The molecule has 1 heteroatoms. The lowest BCUT2D eigenvalue weighted by molar-refractivity contribution is 0.687. The molecule has 0 spiro atoms. The van der Waals surface area contributed by atoms with Crippen molar-refractivity contribution in [3.05, 3.63) is 11.1 Å². The van der Waals surface area contributed by atoms with Crippen LogP contribution in [0.5, 0.6) is 0 Å². The van der Waals surface area contributed by atoms with Crippen LogP contribution in [0.3, 0.4) is 0 Å². The first kappa shape index (κ1) is 8.51. The summed E-state index contributed by atoms with van der Waals surface area (Å²) in [4.78, 5) is 4.22. The van der Waals surface area contributed by atoms with Crippen LogP contribution in [0.25, 0.3) is 0 Å². The molecule has 0 amide bonds. The molecule has 1 rings (SSSR count). The third kappa shape index (κ3) is 1.92. The van der Waals surface area contributed by atoms with Gasteiger partial charge in [0.1, 0.15) is 0 Å². The first-order chi connectivity index (χ1) is 5.25. The van der Waals surface area contributed by atoms with Gasteiger partial charge in [-0.05, 0) is 45.1 Å². The van der Waals surface area contributed by atoms with E-state index in [4.69, 9.17) is 0 Å². The van der Waals surface area contributed by atoms with Crippen LogP contribution < -0.4 is 0 Å². The quantitative estimate of drug-likeness (QED) is 0.511. The molecule has 0 unspecified atom stereocenters. The molecular weight excluding hydrogens is 134 g/mol. The lowest BCUT2D eigenvalue weighted by Gasteiger charge is -2.16. The second-order valence-corrected chi connectivity index (χ2v) is 3.28. The van der Waals surface area contributed by atoms with E-state index in [9.17, 15) is 0 Å². The average Bonchev–Trinajstić information content (AvgIpc) is 2.04. The van der Waals surface area contributed by atoms with Gasteiger partial charge in [-0.1, -0.05) is 5.57 Å². The predicted molar refractivity (Wildman–Crippen MR) is 50.2 cm³/mol. The van der Waals surface area contributed by atoms with Crippen molar-refractivity contribution in [3.8, 4) is 0 Å². The summed E-state index contributed by atoms with van der Waals surface area (Å²) in [6.07, 6.45) is 5.24. The van der Waals surface area contributed by atoms with Gasteiger partial charge in [0.25, 0.3) is 0 Å². The van der Waals surface area contributed by atoms with Gasteiger partial charge in [0.05, 0.1) is 0 Å². The summed E-state index contributed by atoms with van der Waals surface area (Å²) in [5.74, 6) is 0. The molecule has 1 aliphatic carbocycles. The van der Waals surface area contributed by atoms with Crippen molar-refractivity contribution in [2.45, 2.75) is 39.5 Å². The third-order valence-electron chi connectivity index (χ3n) is 2.52. The Morgan fingerprint density at radius 3 is 2.45 bits per heavy atom. The Morgan fingerprint density at radius 2 is 1.91 bits per heavy atom. The molecule has 1 aliphatic rings. The van der Waals surface area contributed by atoms with Gasteiger partial charge in [0, 0.05) is 12.8 Å². The Labute approximate surface area is 69.2 Å². The van der Waals surface area contributed by atoms with E-state index in [2.05, 4.69) is 18.8 Å². The third-order valence-corrected chi connectivity index (χ3v) is 2.52. The molecule has 0 heterocycles. The maximum Gasteiger partial charge on any atom is 0.0345 e. The fourth-order valence-corrected chi connectivity index (χ4v) is 1.68. The Morgan fingerprint density at radius 1 is 1.27 bits per heavy atom. The first-order valence-electron chi connectivity index (χ1n) is 4.38. The fraction of sp³-hybridized carbons (Fsp3) is 0.700. The number of rotatable bonds is 1. The summed E-state index contributed by atoms with van der Waals surface area (Å²) in [5, 5.41) is 0. The topological polar surface area (TPSA) is 12.4 Å². The van der Waals surface area contributed by atoms with Crippen LogP contribution in [0, 0.1) is 0 Å². The summed E-state index contributed by atoms with van der Waals surface area (Å²) in [6.45, 7) is 4.35. The van der Waals surface area contributed by atoms with Crippen molar-refractivity contribution >= 4 is 5.71 Å². The van der Waals surface area contributed by atoms with Gasteiger partial charge in [-0.3, -0.25) is 4.99 Å². The highest BCUT2D eigenvalue weighted by Gasteiger charge is 2.10. The number of aliphatic imine (C=N–C) groups is 1. The van der Waals surface area contributed by atoms with E-state index in [1.54, 1.807) is 5.57 Å². The van der Waals surface area contributed by atoms with Crippen LogP contribution in [0.4, 0.5) is 0 Å². The summed E-state index contributed by atoms with van der Waals surface area (Å²) >= 11 is 0. The summed E-state index contributed by atoms with van der Waals surface area (Å²) in [5.41, 5.74) is 4.31. The van der Waals surface area contributed by atoms with Gasteiger partial charge in [0.2, 0.25) is 0 Å². The standard InChI is InChI=1S/C10H17N/c1-8-6-4-5-7-10(8)9(2)11-3/h4-7H2,1-3H3/b11-9-. The molecular formula is C10H17N. The van der Waals surface area contributed by atoms with E-state index in [0.29, 0.717) is 0 Å². The fourth-order valence-electron chi connectivity index (χ4n) is 1.68. The summed E-state index contributed by atoms with van der Waals surface area (Å²) < 4.78 is 0. The summed E-state index contributed by atoms with van der Waals surface area (Å²) in [6, 6.07) is 0. The Bertz CT molecular complexity index is 199. The summed E-state index contributed by atoms with van der Waals surface area (Å²) in [7, 11) is 1.88. The van der Waals surface area contributed by atoms with E-state index in [1.807, 2.05) is 7.05 Å². The molecule has 0 N–H and O–H groups in total. The van der Waals surface area contributed by atoms with E-state index >= 15 is 0 Å². The van der Waals surface area contributed by atoms with Crippen LogP contribution in [0.15, 0.2) is 16.1 Å². The van der Waals surface area contributed by atoms with Gasteiger partial charge in [-0.15, -0.1) is 0 Å². The van der Waals surface area contributed by atoms with E-state index in [0.717, 1.165) is 0 Å². The molecule has 0 bridgehead atoms. The first-order valence-corrected chi connectivity index (χ1v) is 4.38. The smallest absolute Gasteiger partial charge is 0.0345 e. The molecule has 0 aromatic heterocycles. The van der Waals surface area contributed by atoms with Crippen molar-refractivity contribution in [1.82, 2.24) is 0 Å². The van der Waals surface area contributed by atoms with Crippen LogP contribution in [0.2, 0.25) is 0 Å². The number of allylic oxidation sites excluding steroid dienone is 2. The SMILES string of the molecule is C/N=C(/C)C1=C(C)CCCC1. The lowest BCUT2D eigenvalue weighted by atomic mass is 9.90. The van der Waals surface area contributed by atoms with Gasteiger partial charge in [-0.25, -0.2) is 0 Å². The van der Waals surface area contributed by atoms with Crippen molar-refractivity contribution in [2.75, 3.05) is 7.05 Å². The molecule has 0 aromatic rings. The molecule has 0 atom stereocenters. The van der Waals surface area contributed by atoms with Gasteiger partial charge >= 0.3 is 0 Å². The van der Waals surface area contributed by atoms with Crippen molar-refractivity contribution in [1.29, 1.82) is 0 Å². The molecule has 0 aliphatic heterocycles. The largest absolute Gasteiger partial charge is 0.293 e. The molecule has 11 heavy (non-hydrogen) atoms. The minimum Gasteiger partial charge on any atom is -0.293 e. The zero-order chi connectivity index (χ0) is 8.27. The number of nitrogens with zero attached hydrogens (tertiary/aromatic N) is 1. The number of hydrogen-bond donors (Lipinski definition) is 0. The molecule has 0 aromatic carbocycles. The van der Waals surface area contributed by atoms with E-state index in [-0.39, 0.29) is 0 Å². The maximum absolute atomic E-state index is 4.22. The average molecular weight is 151 g/mol. The minimum atomic E-state index is 1.24. The molecule has 0 saturated heterocycles. The molecule has 62 valence electrons. The Hall–Kier alpha value is -0.590. The van der Waals surface area contributed by atoms with E-state index in [1.165, 1.54) is 37.0 Å². The monoisotopic (exact) mass is 151 g/mol. The van der Waals surface area contributed by atoms with Crippen molar-refractivity contribution < 1.29 is 0 Å². The molecule has 0 saturated carbocycles. The highest BCUT2D eigenvalue weighted by molar-refractivity contribution is 5.98. The predicted octanol–water partition coefficient (Wildman–Crippen LogP) is 2.97. The second kappa shape index (κ2) is 3.70. The Kier molecular flexibility index (Phi) is 2.86. The Balaban J connectivity index is 2.82. The van der Waals surface area contributed by atoms with Gasteiger partial charge in [0.15, 0.2) is 0 Å². The second-order valence-electron chi connectivity index (χ2n) is 3.28. The normalized spacial score (nSPS) is 20.8. The highest BCUT2D eigenvalue weighted by Crippen LogP contribution is 2.24. The molecule has 0 fully saturated rings. The van der Waals surface area contributed by atoms with Crippen LogP contribution in [-0.4, -0.2) is 12.8 Å². The van der Waals surface area contributed by atoms with Gasteiger partial charge < -0.3 is 0 Å². The molecule has 0 radical (unpaired) electrons. The zero-order valence-corrected chi connectivity index (χ0v) is 7.78. The van der Waals surface area contributed by atoms with Gasteiger partial charge in [-0.2, -0.15) is 0 Å². The van der Waals surface area contributed by atoms with Crippen molar-refractivity contribution in [2.24, 2.45) is 4.99 Å². The maximum atomic E-state index is 4.22.